The molecule has 1 aliphatic rings. The number of carbonyl (C=O) groups is 5. The van der Waals surface area contributed by atoms with Crippen LogP contribution in [0.5, 0.6) is 0 Å². The van der Waals surface area contributed by atoms with Crippen molar-refractivity contribution in [1.29, 1.82) is 0 Å². The molecule has 1 aliphatic heterocycles. The number of methoxy groups -OCH3 is 1. The standard InChI is InChI=1S/C22H29N3O7/c1-22(2,3)32-18(27)12-16(21(30)31-4)23-17(26)11-15-20(29)24-14(19(28)25-15)10-13-8-6-5-7-9-13/h5-9,14-16H,10-12H2,1-4H3,(H,23,26)(H,24,29)(H,25,28)/t14-,15-,16+/m0/s1. The maximum Gasteiger partial charge on any atom is 0.328 e. The highest BCUT2D eigenvalue weighted by molar-refractivity contribution is 5.99. The molecule has 3 atom stereocenters. The number of amides is 3. The van der Waals surface area contributed by atoms with Crippen LogP contribution in [-0.4, -0.2) is 60.5 Å². The average molecular weight is 447 g/mol. The van der Waals surface area contributed by atoms with Crippen molar-refractivity contribution in [2.24, 2.45) is 0 Å². The molecule has 3 N–H and O–H groups in total. The zero-order valence-electron chi connectivity index (χ0n) is 18.6. The molecule has 0 spiro atoms. The van der Waals surface area contributed by atoms with Crippen molar-refractivity contribution in [2.75, 3.05) is 7.11 Å². The second kappa shape index (κ2) is 10.7. The lowest BCUT2D eigenvalue weighted by atomic mass is 10.0. The first-order valence-electron chi connectivity index (χ1n) is 10.2. The SMILES string of the molecule is COC(=O)[C@@H](CC(=O)OC(C)(C)C)NC(=O)C[C@@H]1NC(=O)[C@H](Cc2ccccc2)NC1=O. The number of benzene rings is 1. The monoisotopic (exact) mass is 447 g/mol. The highest BCUT2D eigenvalue weighted by Crippen LogP contribution is 2.11. The Morgan fingerprint density at radius 1 is 1.03 bits per heavy atom. The van der Waals surface area contributed by atoms with E-state index in [1.807, 2.05) is 30.3 Å². The largest absolute Gasteiger partial charge is 0.467 e. The fourth-order valence-electron chi connectivity index (χ4n) is 3.14. The molecule has 0 saturated carbocycles. The van der Waals surface area contributed by atoms with Crippen LogP contribution in [0.15, 0.2) is 30.3 Å². The molecule has 32 heavy (non-hydrogen) atoms. The van der Waals surface area contributed by atoms with Gasteiger partial charge in [-0.15, -0.1) is 0 Å². The molecule has 0 aromatic heterocycles. The molecular weight excluding hydrogens is 418 g/mol. The molecule has 0 aliphatic carbocycles. The van der Waals surface area contributed by atoms with Crippen molar-refractivity contribution in [3.8, 4) is 0 Å². The smallest absolute Gasteiger partial charge is 0.328 e. The van der Waals surface area contributed by atoms with Crippen LogP contribution in [-0.2, 0) is 39.9 Å². The number of hydrogen-bond donors (Lipinski definition) is 3. The molecule has 0 radical (unpaired) electrons. The van der Waals surface area contributed by atoms with Crippen molar-refractivity contribution in [3.63, 3.8) is 0 Å². The van der Waals surface area contributed by atoms with Gasteiger partial charge in [0, 0.05) is 6.42 Å². The zero-order valence-corrected chi connectivity index (χ0v) is 18.6. The molecule has 0 unspecified atom stereocenters. The van der Waals surface area contributed by atoms with Crippen LogP contribution in [0.25, 0.3) is 0 Å². The van der Waals surface area contributed by atoms with Crippen molar-refractivity contribution in [1.82, 2.24) is 16.0 Å². The van der Waals surface area contributed by atoms with Gasteiger partial charge in [-0.05, 0) is 26.3 Å². The molecule has 0 bridgehead atoms. The number of nitrogens with one attached hydrogen (secondary N) is 3. The summed E-state index contributed by atoms with van der Waals surface area (Å²) < 4.78 is 9.80. The maximum absolute atomic E-state index is 12.4. The minimum Gasteiger partial charge on any atom is -0.467 e. The first-order valence-corrected chi connectivity index (χ1v) is 10.2. The summed E-state index contributed by atoms with van der Waals surface area (Å²) in [5.41, 5.74) is 0.120. The van der Waals surface area contributed by atoms with Gasteiger partial charge < -0.3 is 25.4 Å². The Kier molecular flexibility index (Phi) is 8.34. The summed E-state index contributed by atoms with van der Waals surface area (Å²) in [6, 6.07) is 6.07. The van der Waals surface area contributed by atoms with Crippen LogP contribution in [0, 0.1) is 0 Å². The lowest BCUT2D eigenvalue weighted by molar-refractivity contribution is -0.159. The van der Waals surface area contributed by atoms with E-state index in [0.29, 0.717) is 6.42 Å². The van der Waals surface area contributed by atoms with E-state index >= 15 is 0 Å². The van der Waals surface area contributed by atoms with Gasteiger partial charge in [-0.2, -0.15) is 0 Å². The van der Waals surface area contributed by atoms with Gasteiger partial charge in [0.05, 0.1) is 20.0 Å². The molecule has 2 rings (SSSR count). The number of esters is 2. The van der Waals surface area contributed by atoms with E-state index < -0.39 is 66.2 Å². The van der Waals surface area contributed by atoms with Gasteiger partial charge in [-0.3, -0.25) is 19.2 Å². The molecular formula is C22H29N3O7. The van der Waals surface area contributed by atoms with Crippen molar-refractivity contribution >= 4 is 29.7 Å². The van der Waals surface area contributed by atoms with E-state index in [4.69, 9.17) is 4.74 Å². The first kappa shape index (κ1) is 24.8. The molecule has 1 aromatic rings. The molecule has 1 heterocycles. The van der Waals surface area contributed by atoms with E-state index in [9.17, 15) is 24.0 Å². The second-order valence-corrected chi connectivity index (χ2v) is 8.45. The van der Waals surface area contributed by atoms with E-state index in [1.54, 1.807) is 20.8 Å². The fraction of sp³-hybridized carbons (Fsp3) is 0.500. The van der Waals surface area contributed by atoms with Crippen LogP contribution in [0.2, 0.25) is 0 Å². The van der Waals surface area contributed by atoms with Gasteiger partial charge in [0.15, 0.2) is 0 Å². The van der Waals surface area contributed by atoms with E-state index in [1.165, 1.54) is 0 Å². The van der Waals surface area contributed by atoms with Gasteiger partial charge in [0.2, 0.25) is 17.7 Å². The van der Waals surface area contributed by atoms with E-state index in [0.717, 1.165) is 12.7 Å². The highest BCUT2D eigenvalue weighted by atomic mass is 16.6. The Labute approximate surface area is 186 Å². The number of carbonyl (C=O) groups excluding carboxylic acids is 5. The quantitative estimate of drug-likeness (QED) is 0.476. The predicted molar refractivity (Wildman–Crippen MR) is 113 cm³/mol. The van der Waals surface area contributed by atoms with Crippen molar-refractivity contribution in [3.05, 3.63) is 35.9 Å². The third-order valence-corrected chi connectivity index (χ3v) is 4.55. The Morgan fingerprint density at radius 3 is 2.22 bits per heavy atom. The summed E-state index contributed by atoms with van der Waals surface area (Å²) in [6.45, 7) is 5.02. The summed E-state index contributed by atoms with van der Waals surface area (Å²) in [7, 11) is 1.12. The Balaban J connectivity index is 1.93. The molecule has 1 saturated heterocycles. The number of hydrogen-bond acceptors (Lipinski definition) is 7. The van der Waals surface area contributed by atoms with Crippen LogP contribution in [0.3, 0.4) is 0 Å². The summed E-state index contributed by atoms with van der Waals surface area (Å²) in [6.07, 6.45) is -0.521. The molecule has 10 heteroatoms. The summed E-state index contributed by atoms with van der Waals surface area (Å²) in [5, 5.41) is 7.53. The van der Waals surface area contributed by atoms with Crippen LogP contribution in [0.1, 0.15) is 39.2 Å². The average Bonchev–Trinajstić information content (AvgIpc) is 2.70. The first-order chi connectivity index (χ1) is 15.0. The Bertz CT molecular complexity index is 864. The van der Waals surface area contributed by atoms with E-state index in [-0.39, 0.29) is 0 Å². The van der Waals surface area contributed by atoms with Crippen molar-refractivity contribution in [2.45, 2.75) is 63.8 Å². The zero-order chi connectivity index (χ0) is 23.9. The topological polar surface area (TPSA) is 140 Å². The second-order valence-electron chi connectivity index (χ2n) is 8.45. The third kappa shape index (κ3) is 7.68. The maximum atomic E-state index is 12.4. The number of piperazine rings is 1. The third-order valence-electron chi connectivity index (χ3n) is 4.55. The minimum absolute atomic E-state index is 0.317. The molecule has 174 valence electrons. The minimum atomic E-state index is -1.28. The van der Waals surface area contributed by atoms with Gasteiger partial charge in [-0.25, -0.2) is 4.79 Å². The molecule has 1 aromatic carbocycles. The van der Waals surface area contributed by atoms with Crippen molar-refractivity contribution < 1.29 is 33.4 Å². The van der Waals surface area contributed by atoms with Gasteiger partial charge in [-0.1, -0.05) is 30.3 Å². The fourth-order valence-corrected chi connectivity index (χ4v) is 3.14. The molecule has 10 nitrogen and oxygen atoms in total. The lowest BCUT2D eigenvalue weighted by Crippen LogP contribution is -2.63. The summed E-state index contributed by atoms with van der Waals surface area (Å²) in [4.78, 5) is 61.3. The summed E-state index contributed by atoms with van der Waals surface area (Å²) in [5.74, 6) is -3.15. The normalized spacial score (nSPS) is 19.2. The predicted octanol–water partition coefficient (Wildman–Crippen LogP) is -0.00800. The van der Waals surface area contributed by atoms with Gasteiger partial charge in [0.1, 0.15) is 23.7 Å². The number of rotatable bonds is 8. The molecule has 1 fully saturated rings. The number of ether oxygens (including phenoxy) is 2. The Morgan fingerprint density at radius 2 is 1.62 bits per heavy atom. The van der Waals surface area contributed by atoms with Gasteiger partial charge >= 0.3 is 11.9 Å². The van der Waals surface area contributed by atoms with Crippen LogP contribution < -0.4 is 16.0 Å². The van der Waals surface area contributed by atoms with E-state index in [2.05, 4.69) is 20.7 Å². The summed E-state index contributed by atoms with van der Waals surface area (Å²) >= 11 is 0. The van der Waals surface area contributed by atoms with Crippen LogP contribution >= 0.6 is 0 Å². The lowest BCUT2D eigenvalue weighted by Gasteiger charge is -2.29. The Hall–Kier alpha value is -3.43. The van der Waals surface area contributed by atoms with Gasteiger partial charge in [0.25, 0.3) is 0 Å². The van der Waals surface area contributed by atoms with Crippen LogP contribution in [0.4, 0.5) is 0 Å². The highest BCUT2D eigenvalue weighted by Gasteiger charge is 2.36. The molecule has 3 amide bonds.